The molecule has 43 valence electrons. The van der Waals surface area contributed by atoms with Crippen molar-refractivity contribution in [3.05, 3.63) is 0 Å². The molecule has 0 aliphatic heterocycles. The summed E-state index contributed by atoms with van der Waals surface area (Å²) in [5.74, 6) is 0. The van der Waals surface area contributed by atoms with Gasteiger partial charge in [-0.3, -0.25) is 0 Å². The van der Waals surface area contributed by atoms with E-state index in [2.05, 4.69) is 0 Å². The van der Waals surface area contributed by atoms with Crippen LogP contribution in [0.2, 0.25) is 0 Å². The van der Waals surface area contributed by atoms with E-state index < -0.39 is 9.05 Å². The van der Waals surface area contributed by atoms with Crippen molar-refractivity contribution in [2.75, 3.05) is 0 Å². The van der Waals surface area contributed by atoms with E-state index >= 15 is 0 Å². The molecule has 0 rings (SSSR count). The molecule has 0 aliphatic rings. The van der Waals surface area contributed by atoms with E-state index in [1.807, 2.05) is 0 Å². The monoisotopic (exact) mass is 223 g/mol. The SMILES string of the molecule is O[Si](O)(O)O.[LiH].[Mn].[Zn]. The molecule has 0 atom stereocenters. The summed E-state index contributed by atoms with van der Waals surface area (Å²) in [4.78, 5) is 29.3. The summed E-state index contributed by atoms with van der Waals surface area (Å²) in [6.07, 6.45) is 0. The third kappa shape index (κ3) is 112. The van der Waals surface area contributed by atoms with Gasteiger partial charge in [-0.15, -0.1) is 0 Å². The van der Waals surface area contributed by atoms with Crippen LogP contribution in [0, 0.1) is 0 Å². The summed E-state index contributed by atoms with van der Waals surface area (Å²) in [5.41, 5.74) is 0. The van der Waals surface area contributed by atoms with Gasteiger partial charge in [0.1, 0.15) is 0 Å². The molecule has 4 N–H and O–H groups in total. The average Bonchev–Trinajstić information content (AvgIpc) is 0.722. The average molecular weight is 224 g/mol. The fourth-order valence-corrected chi connectivity index (χ4v) is 0. The first-order valence-corrected chi connectivity index (χ1v) is 2.68. The maximum absolute atomic E-state index is 7.33. The van der Waals surface area contributed by atoms with Gasteiger partial charge in [0.25, 0.3) is 0 Å². The van der Waals surface area contributed by atoms with Crippen molar-refractivity contribution >= 4 is 27.9 Å². The fourth-order valence-electron chi connectivity index (χ4n) is 0. The van der Waals surface area contributed by atoms with Gasteiger partial charge in [-0.2, -0.15) is 0 Å². The zero-order valence-electron chi connectivity index (χ0n) is 3.37. The van der Waals surface area contributed by atoms with Crippen LogP contribution in [0.25, 0.3) is 0 Å². The molecule has 0 aromatic carbocycles. The van der Waals surface area contributed by atoms with Crippen molar-refractivity contribution < 1.29 is 55.7 Å². The second-order valence-electron chi connectivity index (χ2n) is 0.600. The van der Waals surface area contributed by atoms with Crippen molar-refractivity contribution in [3.63, 3.8) is 0 Å². The molecule has 0 aromatic rings. The van der Waals surface area contributed by atoms with E-state index in [9.17, 15) is 0 Å². The van der Waals surface area contributed by atoms with E-state index in [0.717, 1.165) is 0 Å². The Labute approximate surface area is 83.2 Å². The Morgan fingerprint density at radius 1 is 0.875 bits per heavy atom. The molecule has 0 aromatic heterocycles. The van der Waals surface area contributed by atoms with Crippen LogP contribution >= 0.6 is 0 Å². The summed E-state index contributed by atoms with van der Waals surface area (Å²) in [6, 6.07) is 0. The molecule has 0 saturated heterocycles. The van der Waals surface area contributed by atoms with E-state index in [-0.39, 0.29) is 55.4 Å². The molecule has 4 nitrogen and oxygen atoms in total. The van der Waals surface area contributed by atoms with E-state index in [0.29, 0.717) is 0 Å². The number of rotatable bonds is 0. The standard InChI is InChI=1S/Li.Mn.H4O4Si.Zn.H/c;;1-5(2,3)4;;/h;;1-4H;;. The fraction of sp³-hybridized carbons (Fsp3) is 0. The Morgan fingerprint density at radius 3 is 0.875 bits per heavy atom. The molecular formula is H5LiMnO4SiZn. The first kappa shape index (κ1) is 22.6. The van der Waals surface area contributed by atoms with Crippen LogP contribution in [-0.2, 0) is 36.5 Å². The second kappa shape index (κ2) is 8.80. The second-order valence-corrected chi connectivity index (χ2v) is 1.80. The topological polar surface area (TPSA) is 80.9 Å². The third-order valence-corrected chi connectivity index (χ3v) is 0. The van der Waals surface area contributed by atoms with Crippen LogP contribution in [0.1, 0.15) is 0 Å². The molecule has 0 bridgehead atoms. The van der Waals surface area contributed by atoms with Gasteiger partial charge in [0.15, 0.2) is 0 Å². The van der Waals surface area contributed by atoms with Crippen LogP contribution in [0.3, 0.4) is 0 Å². The van der Waals surface area contributed by atoms with Crippen molar-refractivity contribution in [2.45, 2.75) is 0 Å². The van der Waals surface area contributed by atoms with E-state index in [1.54, 1.807) is 0 Å². The molecule has 0 fully saturated rings. The van der Waals surface area contributed by atoms with Gasteiger partial charge in [-0.1, -0.05) is 0 Å². The molecule has 0 unspecified atom stereocenters. The third-order valence-electron chi connectivity index (χ3n) is 0. The van der Waals surface area contributed by atoms with Crippen molar-refractivity contribution in [1.29, 1.82) is 0 Å². The van der Waals surface area contributed by atoms with Gasteiger partial charge < -0.3 is 19.2 Å². The van der Waals surface area contributed by atoms with Crippen LogP contribution in [-0.4, -0.2) is 47.1 Å². The Hall–Kier alpha value is 1.80. The molecular weight excluding hydrogens is 219 g/mol. The largest absolute Gasteiger partial charge is 0 e. The summed E-state index contributed by atoms with van der Waals surface area (Å²) in [7, 11) is -4.61. The summed E-state index contributed by atoms with van der Waals surface area (Å²) >= 11 is 0. The molecule has 8 heteroatoms. The molecule has 8 heavy (non-hydrogen) atoms. The predicted molar refractivity (Wildman–Crippen MR) is 21.8 cm³/mol. The molecule has 0 spiro atoms. The van der Waals surface area contributed by atoms with Crippen molar-refractivity contribution in [2.24, 2.45) is 0 Å². The Morgan fingerprint density at radius 2 is 0.875 bits per heavy atom. The summed E-state index contributed by atoms with van der Waals surface area (Å²) in [5, 5.41) is 0. The van der Waals surface area contributed by atoms with Gasteiger partial charge in [0, 0.05) is 36.5 Å². The van der Waals surface area contributed by atoms with Crippen molar-refractivity contribution in [1.82, 2.24) is 0 Å². The quantitative estimate of drug-likeness (QED) is 0.326. The molecule has 0 heterocycles. The van der Waals surface area contributed by atoms with E-state index in [1.165, 1.54) is 0 Å². The zero-order valence-corrected chi connectivity index (χ0v) is 8.52. The van der Waals surface area contributed by atoms with Crippen LogP contribution in [0.15, 0.2) is 0 Å². The number of hydrogen-bond donors (Lipinski definition) is 4. The van der Waals surface area contributed by atoms with Crippen LogP contribution < -0.4 is 0 Å². The smallest absolute Gasteiger partial charge is 0 e. The van der Waals surface area contributed by atoms with Gasteiger partial charge in [-0.25, -0.2) is 0 Å². The first-order valence-electron chi connectivity index (χ1n) is 0.894. The minimum Gasteiger partial charge on any atom is 0 e. The zero-order chi connectivity index (χ0) is 4.50. The maximum Gasteiger partial charge on any atom is 0 e. The van der Waals surface area contributed by atoms with Gasteiger partial charge >= 0.3 is 27.9 Å². The summed E-state index contributed by atoms with van der Waals surface area (Å²) in [6.45, 7) is 0. The Balaban J connectivity index is -0.0000000267. The summed E-state index contributed by atoms with van der Waals surface area (Å²) < 4.78 is 0. The van der Waals surface area contributed by atoms with Crippen LogP contribution in [0.4, 0.5) is 0 Å². The molecule has 0 aliphatic carbocycles. The first-order chi connectivity index (χ1) is 2.00. The molecule has 0 amide bonds. The van der Waals surface area contributed by atoms with Gasteiger partial charge in [-0.05, 0) is 0 Å². The van der Waals surface area contributed by atoms with Gasteiger partial charge in [0.05, 0.1) is 0 Å². The minimum atomic E-state index is -4.61. The van der Waals surface area contributed by atoms with Crippen molar-refractivity contribution in [3.8, 4) is 0 Å². The normalized spacial score (nSPS) is 7.50. The Kier molecular flexibility index (Phi) is 24.8. The Bertz CT molecular complexity index is 31.5. The number of hydrogen-bond acceptors (Lipinski definition) is 4. The minimum absolute atomic E-state index is 0. The van der Waals surface area contributed by atoms with Gasteiger partial charge in [0.2, 0.25) is 0 Å². The van der Waals surface area contributed by atoms with E-state index in [4.69, 9.17) is 19.2 Å². The maximum atomic E-state index is 7.33. The molecule has 1 radical (unpaired) electrons. The van der Waals surface area contributed by atoms with Crippen LogP contribution in [0.5, 0.6) is 0 Å². The molecule has 0 saturated carbocycles. The predicted octanol–water partition coefficient (Wildman–Crippen LogP) is -3.26.